The number of ether oxygens (including phenoxy) is 2. The molecule has 0 radical (unpaired) electrons. The van der Waals surface area contributed by atoms with Crippen LogP contribution in [-0.4, -0.2) is 55.9 Å². The van der Waals surface area contributed by atoms with Gasteiger partial charge >= 0.3 is 0 Å². The minimum absolute atomic E-state index is 0.267. The van der Waals surface area contributed by atoms with Gasteiger partial charge in [-0.05, 0) is 12.0 Å². The lowest BCUT2D eigenvalue weighted by Crippen LogP contribution is -2.47. The normalized spacial score (nSPS) is 19.9. The molecule has 0 amide bonds. The molecular weight excluding hydrogens is 266 g/mol. The van der Waals surface area contributed by atoms with Gasteiger partial charge in [0, 0.05) is 38.8 Å². The second kappa shape index (κ2) is 8.32. The molecule has 1 N–H and O–H groups in total. The molecule has 0 spiro atoms. The first-order chi connectivity index (χ1) is 10.2. The third-order valence-electron chi connectivity index (χ3n) is 3.51. The van der Waals surface area contributed by atoms with E-state index in [1.807, 2.05) is 18.2 Å². The Morgan fingerprint density at radius 2 is 2.33 bits per heavy atom. The maximum absolute atomic E-state index is 5.82. The Labute approximate surface area is 127 Å². The van der Waals surface area contributed by atoms with Crippen LogP contribution in [0.2, 0.25) is 0 Å². The number of aromatic nitrogens is 1. The van der Waals surface area contributed by atoms with E-state index in [-0.39, 0.29) is 6.10 Å². The summed E-state index contributed by atoms with van der Waals surface area (Å²) in [5, 5.41) is 3.43. The zero-order valence-corrected chi connectivity index (χ0v) is 13.3. The summed E-state index contributed by atoms with van der Waals surface area (Å²) in [6.45, 7) is 10.2. The quantitative estimate of drug-likeness (QED) is 0.826. The van der Waals surface area contributed by atoms with Crippen LogP contribution in [0.3, 0.4) is 0 Å². The van der Waals surface area contributed by atoms with Crippen molar-refractivity contribution in [2.24, 2.45) is 5.92 Å². The summed E-state index contributed by atoms with van der Waals surface area (Å²) in [6, 6.07) is 5.82. The fraction of sp³-hybridized carbons (Fsp3) is 0.688. The molecule has 1 fully saturated rings. The summed E-state index contributed by atoms with van der Waals surface area (Å²) in [5.41, 5.74) is 0.990. The topological polar surface area (TPSA) is 46.6 Å². The molecule has 1 aromatic rings. The average Bonchev–Trinajstić information content (AvgIpc) is 2.47. The molecule has 0 aromatic carbocycles. The van der Waals surface area contributed by atoms with E-state index in [0.29, 0.717) is 11.8 Å². The van der Waals surface area contributed by atoms with Crippen molar-refractivity contribution >= 4 is 0 Å². The molecule has 1 saturated heterocycles. The predicted molar refractivity (Wildman–Crippen MR) is 83.5 cm³/mol. The molecule has 5 nitrogen and oxygen atoms in total. The summed E-state index contributed by atoms with van der Waals surface area (Å²) < 4.78 is 11.0. The van der Waals surface area contributed by atoms with E-state index in [9.17, 15) is 0 Å². The minimum atomic E-state index is 0.267. The van der Waals surface area contributed by atoms with Gasteiger partial charge in [0.15, 0.2) is 0 Å². The maximum Gasteiger partial charge on any atom is 0.213 e. The van der Waals surface area contributed by atoms with Crippen molar-refractivity contribution in [2.45, 2.75) is 26.5 Å². The Morgan fingerprint density at radius 1 is 1.48 bits per heavy atom. The first-order valence-electron chi connectivity index (χ1n) is 7.72. The number of methoxy groups -OCH3 is 1. The molecule has 0 aliphatic carbocycles. The van der Waals surface area contributed by atoms with Crippen LogP contribution in [0.1, 0.15) is 19.5 Å². The van der Waals surface area contributed by atoms with Gasteiger partial charge in [-0.15, -0.1) is 0 Å². The van der Waals surface area contributed by atoms with Gasteiger partial charge in [-0.3, -0.25) is 4.90 Å². The van der Waals surface area contributed by atoms with Crippen molar-refractivity contribution in [1.29, 1.82) is 0 Å². The van der Waals surface area contributed by atoms with Gasteiger partial charge in [0.05, 0.1) is 25.5 Å². The number of rotatable bonds is 7. The molecule has 5 heteroatoms. The number of nitrogens with zero attached hydrogens (tertiary/aromatic N) is 2. The largest absolute Gasteiger partial charge is 0.481 e. The van der Waals surface area contributed by atoms with Gasteiger partial charge in [0.2, 0.25) is 5.88 Å². The number of hydrogen-bond donors (Lipinski definition) is 1. The molecule has 1 aliphatic rings. The van der Waals surface area contributed by atoms with E-state index in [1.54, 1.807) is 7.11 Å². The zero-order valence-electron chi connectivity index (χ0n) is 13.3. The van der Waals surface area contributed by atoms with Gasteiger partial charge in [-0.25, -0.2) is 4.98 Å². The summed E-state index contributed by atoms with van der Waals surface area (Å²) in [7, 11) is 1.64. The van der Waals surface area contributed by atoms with E-state index >= 15 is 0 Å². The Kier molecular flexibility index (Phi) is 6.42. The Hall–Kier alpha value is -1.17. The van der Waals surface area contributed by atoms with E-state index < -0.39 is 0 Å². The van der Waals surface area contributed by atoms with Gasteiger partial charge in [-0.1, -0.05) is 19.9 Å². The second-order valence-corrected chi connectivity index (χ2v) is 5.95. The monoisotopic (exact) mass is 293 g/mol. The predicted octanol–water partition coefficient (Wildman–Crippen LogP) is 1.54. The highest BCUT2D eigenvalue weighted by atomic mass is 16.5. The van der Waals surface area contributed by atoms with Crippen molar-refractivity contribution in [2.75, 3.05) is 39.9 Å². The Morgan fingerprint density at radius 3 is 3.10 bits per heavy atom. The Balaban J connectivity index is 1.72. The van der Waals surface area contributed by atoms with Crippen LogP contribution in [0, 0.1) is 5.92 Å². The van der Waals surface area contributed by atoms with Gasteiger partial charge in [-0.2, -0.15) is 0 Å². The van der Waals surface area contributed by atoms with Crippen molar-refractivity contribution in [3.63, 3.8) is 0 Å². The molecule has 1 aliphatic heterocycles. The van der Waals surface area contributed by atoms with Crippen LogP contribution >= 0.6 is 0 Å². The molecule has 1 unspecified atom stereocenters. The summed E-state index contributed by atoms with van der Waals surface area (Å²) in [6.07, 6.45) is 0.267. The molecule has 0 bridgehead atoms. The molecule has 2 heterocycles. The molecule has 0 saturated carbocycles. The molecule has 2 rings (SSSR count). The van der Waals surface area contributed by atoms with Crippen LogP contribution in [0.4, 0.5) is 0 Å². The lowest BCUT2D eigenvalue weighted by molar-refractivity contribution is -0.0303. The zero-order chi connectivity index (χ0) is 15.1. The Bertz CT molecular complexity index is 426. The van der Waals surface area contributed by atoms with E-state index in [1.165, 1.54) is 0 Å². The van der Waals surface area contributed by atoms with Crippen molar-refractivity contribution in [3.8, 4) is 5.88 Å². The number of pyridine rings is 1. The van der Waals surface area contributed by atoms with Crippen LogP contribution in [0.5, 0.6) is 5.88 Å². The van der Waals surface area contributed by atoms with Crippen molar-refractivity contribution in [1.82, 2.24) is 15.2 Å². The van der Waals surface area contributed by atoms with Gasteiger partial charge in [0.25, 0.3) is 0 Å². The van der Waals surface area contributed by atoms with Crippen LogP contribution in [-0.2, 0) is 11.3 Å². The van der Waals surface area contributed by atoms with Gasteiger partial charge in [0.1, 0.15) is 0 Å². The average molecular weight is 293 g/mol. The molecule has 1 aromatic heterocycles. The highest BCUT2D eigenvalue weighted by Crippen LogP contribution is 2.09. The minimum Gasteiger partial charge on any atom is -0.481 e. The smallest absolute Gasteiger partial charge is 0.213 e. The maximum atomic E-state index is 5.82. The van der Waals surface area contributed by atoms with Crippen LogP contribution < -0.4 is 10.1 Å². The highest BCUT2D eigenvalue weighted by molar-refractivity contribution is 5.15. The SMILES string of the molecule is COc1cccc(CNCC2CN(CC(C)C)CCO2)n1. The van der Waals surface area contributed by atoms with E-state index in [0.717, 1.165) is 45.0 Å². The fourth-order valence-corrected chi connectivity index (χ4v) is 2.62. The van der Waals surface area contributed by atoms with E-state index in [4.69, 9.17) is 9.47 Å². The molecule has 1 atom stereocenters. The van der Waals surface area contributed by atoms with E-state index in [2.05, 4.69) is 29.0 Å². The summed E-state index contributed by atoms with van der Waals surface area (Å²) in [5.74, 6) is 1.36. The fourth-order valence-electron chi connectivity index (χ4n) is 2.62. The molecular formula is C16H27N3O2. The van der Waals surface area contributed by atoms with Crippen LogP contribution in [0.25, 0.3) is 0 Å². The lowest BCUT2D eigenvalue weighted by Gasteiger charge is -2.34. The first-order valence-corrected chi connectivity index (χ1v) is 7.72. The number of hydrogen-bond acceptors (Lipinski definition) is 5. The second-order valence-electron chi connectivity index (χ2n) is 5.95. The third kappa shape index (κ3) is 5.61. The number of morpholine rings is 1. The highest BCUT2D eigenvalue weighted by Gasteiger charge is 2.20. The third-order valence-corrected chi connectivity index (χ3v) is 3.51. The van der Waals surface area contributed by atoms with Crippen molar-refractivity contribution in [3.05, 3.63) is 23.9 Å². The first kappa shape index (κ1) is 16.2. The summed E-state index contributed by atoms with van der Waals surface area (Å²) >= 11 is 0. The van der Waals surface area contributed by atoms with Crippen LogP contribution in [0.15, 0.2) is 18.2 Å². The van der Waals surface area contributed by atoms with Gasteiger partial charge < -0.3 is 14.8 Å². The molecule has 118 valence electrons. The molecule has 21 heavy (non-hydrogen) atoms. The lowest BCUT2D eigenvalue weighted by atomic mass is 10.2. The standard InChI is InChI=1S/C16H27N3O2/c1-13(2)11-19-7-8-21-15(12-19)10-17-9-14-5-4-6-16(18-14)20-3/h4-6,13,15,17H,7-12H2,1-3H3. The van der Waals surface area contributed by atoms with Crippen molar-refractivity contribution < 1.29 is 9.47 Å². The number of nitrogens with one attached hydrogen (secondary N) is 1. The summed E-state index contributed by atoms with van der Waals surface area (Å²) in [4.78, 5) is 6.88.